The Balaban J connectivity index is 1.97. The fourth-order valence-corrected chi connectivity index (χ4v) is 4.35. The van der Waals surface area contributed by atoms with Crippen LogP contribution >= 0.6 is 0 Å². The Morgan fingerprint density at radius 3 is 2.88 bits per heavy atom. The first-order chi connectivity index (χ1) is 7.61. The van der Waals surface area contributed by atoms with Gasteiger partial charge < -0.3 is 10.2 Å². The van der Waals surface area contributed by atoms with E-state index in [2.05, 4.69) is 17.1 Å². The predicted molar refractivity (Wildman–Crippen MR) is 63.1 cm³/mol. The Labute approximate surface area is 97.6 Å². The van der Waals surface area contributed by atoms with Crippen LogP contribution in [-0.2, 0) is 4.79 Å². The van der Waals surface area contributed by atoms with Crippen molar-refractivity contribution in [2.75, 3.05) is 6.54 Å². The molecule has 0 aromatic carbocycles. The van der Waals surface area contributed by atoms with E-state index < -0.39 is 0 Å². The number of fused-ring (bicyclic) bond motifs is 1. The molecule has 2 heterocycles. The van der Waals surface area contributed by atoms with E-state index in [0.717, 1.165) is 6.54 Å². The third kappa shape index (κ3) is 1.33. The fraction of sp³-hybridized carbons (Fsp3) is 0.923. The largest absolute Gasteiger partial charge is 0.338 e. The molecule has 0 radical (unpaired) electrons. The van der Waals surface area contributed by atoms with E-state index in [4.69, 9.17) is 0 Å². The van der Waals surface area contributed by atoms with Crippen LogP contribution in [0.2, 0.25) is 0 Å². The minimum absolute atomic E-state index is 0.269. The molecule has 0 unspecified atom stereocenters. The quantitative estimate of drug-likeness (QED) is 0.674. The molecule has 4 atom stereocenters. The van der Waals surface area contributed by atoms with E-state index in [1.54, 1.807) is 6.92 Å². The number of hydrogen-bond donors (Lipinski definition) is 1. The van der Waals surface area contributed by atoms with Crippen molar-refractivity contribution in [3.8, 4) is 0 Å². The van der Waals surface area contributed by atoms with Gasteiger partial charge in [-0.05, 0) is 19.3 Å². The van der Waals surface area contributed by atoms with Gasteiger partial charge >= 0.3 is 0 Å². The molecule has 1 saturated carbocycles. The van der Waals surface area contributed by atoms with Crippen LogP contribution in [0.25, 0.3) is 0 Å². The number of piperidine rings is 1. The Morgan fingerprint density at radius 1 is 1.38 bits per heavy atom. The fourth-order valence-electron chi connectivity index (χ4n) is 4.35. The number of rotatable bonds is 0. The van der Waals surface area contributed by atoms with Crippen molar-refractivity contribution in [3.05, 3.63) is 0 Å². The molecule has 1 aliphatic carbocycles. The second-order valence-electron chi connectivity index (χ2n) is 6.10. The van der Waals surface area contributed by atoms with Crippen LogP contribution in [0.15, 0.2) is 0 Å². The van der Waals surface area contributed by atoms with Gasteiger partial charge in [0.15, 0.2) is 0 Å². The Morgan fingerprint density at radius 2 is 2.12 bits per heavy atom. The Bertz CT molecular complexity index is 317. The van der Waals surface area contributed by atoms with Gasteiger partial charge in [-0.1, -0.05) is 19.8 Å². The number of amides is 1. The SMILES string of the molecule is CC(=O)N1C[C@@H]2C[C@@]3(C)[C@H](CCCC[C@@H]13)N2. The van der Waals surface area contributed by atoms with Gasteiger partial charge in [0, 0.05) is 37.0 Å². The smallest absolute Gasteiger partial charge is 0.219 e. The summed E-state index contributed by atoms with van der Waals surface area (Å²) in [5.74, 6) is 0.269. The van der Waals surface area contributed by atoms with Gasteiger partial charge in [0.25, 0.3) is 0 Å². The molecule has 3 rings (SSSR count). The molecule has 3 nitrogen and oxygen atoms in total. The summed E-state index contributed by atoms with van der Waals surface area (Å²) in [6.45, 7) is 5.07. The zero-order chi connectivity index (χ0) is 11.3. The van der Waals surface area contributed by atoms with Crippen molar-refractivity contribution in [2.45, 2.75) is 64.1 Å². The topological polar surface area (TPSA) is 32.3 Å². The highest BCUT2D eigenvalue weighted by Gasteiger charge is 2.55. The zero-order valence-corrected chi connectivity index (χ0v) is 10.3. The van der Waals surface area contributed by atoms with Gasteiger partial charge in [-0.3, -0.25) is 4.79 Å². The molecule has 2 saturated heterocycles. The highest BCUT2D eigenvalue weighted by molar-refractivity contribution is 5.74. The van der Waals surface area contributed by atoms with Crippen LogP contribution < -0.4 is 5.32 Å². The minimum Gasteiger partial charge on any atom is -0.338 e. The highest BCUT2D eigenvalue weighted by Crippen LogP contribution is 2.48. The zero-order valence-electron chi connectivity index (χ0n) is 10.3. The molecular weight excluding hydrogens is 200 g/mol. The van der Waals surface area contributed by atoms with E-state index in [1.807, 2.05) is 0 Å². The normalized spacial score (nSPS) is 46.6. The summed E-state index contributed by atoms with van der Waals surface area (Å²) in [6, 6.07) is 1.69. The van der Waals surface area contributed by atoms with Crippen LogP contribution in [0.3, 0.4) is 0 Å². The van der Waals surface area contributed by atoms with Crippen molar-refractivity contribution in [2.24, 2.45) is 5.41 Å². The number of likely N-dealkylation sites (tertiary alicyclic amines) is 1. The van der Waals surface area contributed by atoms with E-state index in [9.17, 15) is 4.79 Å². The highest BCUT2D eigenvalue weighted by atomic mass is 16.2. The maximum Gasteiger partial charge on any atom is 0.219 e. The predicted octanol–water partition coefficient (Wildman–Crippen LogP) is 1.53. The average molecular weight is 222 g/mol. The molecule has 3 fully saturated rings. The average Bonchev–Trinajstić information content (AvgIpc) is 2.38. The van der Waals surface area contributed by atoms with Gasteiger partial charge in [0.05, 0.1) is 0 Å². The number of carbonyl (C=O) groups is 1. The van der Waals surface area contributed by atoms with Crippen molar-refractivity contribution >= 4 is 5.91 Å². The third-order valence-corrected chi connectivity index (χ3v) is 5.10. The molecule has 2 bridgehead atoms. The van der Waals surface area contributed by atoms with Gasteiger partial charge in [0.2, 0.25) is 5.91 Å². The molecule has 3 aliphatic rings. The lowest BCUT2D eigenvalue weighted by molar-refractivity contribution is -0.136. The lowest BCUT2D eigenvalue weighted by Gasteiger charge is -2.46. The molecule has 2 aliphatic heterocycles. The number of nitrogens with one attached hydrogen (secondary N) is 1. The van der Waals surface area contributed by atoms with Crippen molar-refractivity contribution in [1.82, 2.24) is 10.2 Å². The Hall–Kier alpha value is -0.570. The lowest BCUT2D eigenvalue weighted by atomic mass is 9.71. The summed E-state index contributed by atoms with van der Waals surface area (Å²) in [6.07, 6.45) is 6.39. The van der Waals surface area contributed by atoms with Gasteiger partial charge in [0.1, 0.15) is 0 Å². The summed E-state index contributed by atoms with van der Waals surface area (Å²) in [7, 11) is 0. The molecule has 90 valence electrons. The summed E-state index contributed by atoms with van der Waals surface area (Å²) < 4.78 is 0. The monoisotopic (exact) mass is 222 g/mol. The first-order valence-corrected chi connectivity index (χ1v) is 6.64. The van der Waals surface area contributed by atoms with Crippen molar-refractivity contribution < 1.29 is 4.79 Å². The van der Waals surface area contributed by atoms with Crippen LogP contribution in [0.1, 0.15) is 46.0 Å². The number of hydrogen-bond acceptors (Lipinski definition) is 2. The van der Waals surface area contributed by atoms with E-state index in [1.165, 1.54) is 32.1 Å². The van der Waals surface area contributed by atoms with E-state index in [-0.39, 0.29) is 5.91 Å². The van der Waals surface area contributed by atoms with Gasteiger partial charge in [-0.25, -0.2) is 0 Å². The second-order valence-corrected chi connectivity index (χ2v) is 6.10. The second kappa shape index (κ2) is 3.46. The van der Waals surface area contributed by atoms with Crippen molar-refractivity contribution in [3.63, 3.8) is 0 Å². The number of carbonyl (C=O) groups excluding carboxylic acids is 1. The van der Waals surface area contributed by atoms with Crippen LogP contribution in [0.5, 0.6) is 0 Å². The molecular formula is C13H22N2O. The maximum absolute atomic E-state index is 11.8. The van der Waals surface area contributed by atoms with Crippen LogP contribution in [0.4, 0.5) is 0 Å². The first kappa shape index (κ1) is 10.6. The number of nitrogens with zero attached hydrogens (tertiary/aromatic N) is 1. The molecule has 0 spiro atoms. The molecule has 1 amide bonds. The lowest BCUT2D eigenvalue weighted by Crippen LogP contribution is -2.55. The minimum atomic E-state index is 0.269. The maximum atomic E-state index is 11.8. The van der Waals surface area contributed by atoms with E-state index >= 15 is 0 Å². The summed E-state index contributed by atoms with van der Waals surface area (Å²) in [5, 5.41) is 3.76. The third-order valence-electron chi connectivity index (χ3n) is 5.10. The Kier molecular flexibility index (Phi) is 2.29. The molecule has 0 aromatic rings. The molecule has 16 heavy (non-hydrogen) atoms. The molecule has 0 aromatic heterocycles. The first-order valence-electron chi connectivity index (χ1n) is 6.64. The van der Waals surface area contributed by atoms with Gasteiger partial charge in [-0.2, -0.15) is 0 Å². The standard InChI is InChI=1S/C13H22N2O/c1-9(16)15-8-10-7-13(2)11(14-10)5-3-4-6-12(13)15/h10-12,14H,3-8H2,1-2H3/t10-,11-,12+,13-/m0/s1. The van der Waals surface area contributed by atoms with Crippen LogP contribution in [0, 0.1) is 5.41 Å². The summed E-state index contributed by atoms with van der Waals surface area (Å²) >= 11 is 0. The molecule has 3 heteroatoms. The van der Waals surface area contributed by atoms with E-state index in [0.29, 0.717) is 23.5 Å². The summed E-state index contributed by atoms with van der Waals surface area (Å²) in [5.41, 5.74) is 0.338. The van der Waals surface area contributed by atoms with Crippen LogP contribution in [-0.4, -0.2) is 35.5 Å². The summed E-state index contributed by atoms with van der Waals surface area (Å²) in [4.78, 5) is 13.9. The van der Waals surface area contributed by atoms with Gasteiger partial charge in [-0.15, -0.1) is 0 Å². The van der Waals surface area contributed by atoms with Crippen molar-refractivity contribution in [1.29, 1.82) is 0 Å². The molecule has 1 N–H and O–H groups in total.